The highest BCUT2D eigenvalue weighted by Gasteiger charge is 2.19. The fourth-order valence-electron chi connectivity index (χ4n) is 1.34. The molecule has 0 heterocycles. The Morgan fingerprint density at radius 2 is 1.68 bits per heavy atom. The summed E-state index contributed by atoms with van der Waals surface area (Å²) in [4.78, 5) is 21.8. The van der Waals surface area contributed by atoms with Crippen molar-refractivity contribution in [2.24, 2.45) is 0 Å². The number of carbonyl (C=O) groups excluding carboxylic acids is 2. The van der Waals surface area contributed by atoms with Gasteiger partial charge in [-0.3, -0.25) is 9.59 Å². The monoisotopic (exact) mass is 304 g/mol. The fraction of sp³-hybridized carbons (Fsp3) is 0.278. The molecule has 0 bridgehead atoms. The molecular formula is C18H28N2O2. The first-order valence-corrected chi connectivity index (χ1v) is 6.85. The minimum Gasteiger partial charge on any atom is -0.355 e. The molecule has 0 aromatic rings. The van der Waals surface area contributed by atoms with Gasteiger partial charge < -0.3 is 10.6 Å². The van der Waals surface area contributed by atoms with Crippen LogP contribution in [0.4, 0.5) is 0 Å². The van der Waals surface area contributed by atoms with E-state index in [2.05, 4.69) is 29.5 Å². The summed E-state index contributed by atoms with van der Waals surface area (Å²) >= 11 is 0. The van der Waals surface area contributed by atoms with Gasteiger partial charge in [0.25, 0.3) is 0 Å². The lowest BCUT2D eigenvalue weighted by molar-refractivity contribution is -0.118. The SMILES string of the molecule is C=C(C)C(=O)NC.C=C(C)C(=O)NC1(C)C=C=C/C=C\C=C/1.[HH].[HH]. The third-order valence-electron chi connectivity index (χ3n) is 2.63. The van der Waals surface area contributed by atoms with E-state index in [4.69, 9.17) is 0 Å². The number of carbonyl (C=O) groups is 2. The number of amides is 2. The molecule has 1 aliphatic carbocycles. The number of hydrogen-bond acceptors (Lipinski definition) is 2. The summed E-state index contributed by atoms with van der Waals surface area (Å²) in [5.74, 6) is -0.246. The molecular weight excluding hydrogens is 276 g/mol. The second-order valence-electron chi connectivity index (χ2n) is 5.10. The quantitative estimate of drug-likeness (QED) is 0.622. The molecule has 1 rings (SSSR count). The molecule has 0 spiro atoms. The summed E-state index contributed by atoms with van der Waals surface area (Å²) < 4.78 is 0. The van der Waals surface area contributed by atoms with Gasteiger partial charge in [0, 0.05) is 21.0 Å². The van der Waals surface area contributed by atoms with Gasteiger partial charge in [-0.2, -0.15) is 0 Å². The Morgan fingerprint density at radius 3 is 2.14 bits per heavy atom. The molecule has 22 heavy (non-hydrogen) atoms. The van der Waals surface area contributed by atoms with E-state index in [1.165, 1.54) is 0 Å². The van der Waals surface area contributed by atoms with E-state index in [0.717, 1.165) is 0 Å². The Balaban J connectivity index is -0.000000424. The van der Waals surface area contributed by atoms with Crippen LogP contribution in [0.3, 0.4) is 0 Å². The summed E-state index contributed by atoms with van der Waals surface area (Å²) in [5.41, 5.74) is 3.53. The first-order chi connectivity index (χ1) is 10.2. The summed E-state index contributed by atoms with van der Waals surface area (Å²) in [7, 11) is 1.58. The molecule has 0 aliphatic heterocycles. The average molecular weight is 304 g/mol. The molecule has 1 unspecified atom stereocenters. The maximum atomic E-state index is 11.5. The van der Waals surface area contributed by atoms with Crippen LogP contribution in [0.15, 0.2) is 66.5 Å². The maximum Gasteiger partial charge on any atom is 0.247 e. The number of nitrogens with one attached hydrogen (secondary N) is 2. The fourth-order valence-corrected chi connectivity index (χ4v) is 1.34. The van der Waals surface area contributed by atoms with Crippen molar-refractivity contribution in [3.8, 4) is 0 Å². The molecule has 0 aromatic carbocycles. The van der Waals surface area contributed by atoms with E-state index in [9.17, 15) is 9.59 Å². The maximum absolute atomic E-state index is 11.5. The summed E-state index contributed by atoms with van der Waals surface area (Å²) in [5, 5.41) is 5.29. The standard InChI is InChI=1S/C13H15NO.C5H9NO.2H2/c1-11(2)12(15)14-13(3)9-7-5-4-6-8-10-13;1-4(2)5(7)6-3;;/h4-7,9-10H,1H2,2-3H3,(H,14,15);1H2,2-3H3,(H,6,7);2*1H/b5-4-,9-7-;;;. The zero-order chi connectivity index (χ0) is 17.2. The minimum atomic E-state index is -0.503. The van der Waals surface area contributed by atoms with Crippen molar-refractivity contribution in [2.75, 3.05) is 7.05 Å². The van der Waals surface area contributed by atoms with Crippen LogP contribution < -0.4 is 10.6 Å². The van der Waals surface area contributed by atoms with Gasteiger partial charge in [0.2, 0.25) is 11.8 Å². The van der Waals surface area contributed by atoms with Crippen LogP contribution in [0.2, 0.25) is 0 Å². The number of allylic oxidation sites excluding steroid dienone is 3. The zero-order valence-electron chi connectivity index (χ0n) is 13.7. The van der Waals surface area contributed by atoms with Crippen LogP contribution in [0.5, 0.6) is 0 Å². The zero-order valence-corrected chi connectivity index (χ0v) is 13.7. The molecule has 2 amide bonds. The topological polar surface area (TPSA) is 58.2 Å². The van der Waals surface area contributed by atoms with Gasteiger partial charge in [-0.15, -0.1) is 5.73 Å². The molecule has 0 radical (unpaired) electrons. The molecule has 122 valence electrons. The largest absolute Gasteiger partial charge is 0.355 e. The Hall–Kier alpha value is -2.58. The third-order valence-corrected chi connectivity index (χ3v) is 2.63. The van der Waals surface area contributed by atoms with E-state index < -0.39 is 5.54 Å². The predicted octanol–water partition coefficient (Wildman–Crippen LogP) is 3.08. The van der Waals surface area contributed by atoms with Gasteiger partial charge in [-0.1, -0.05) is 37.5 Å². The van der Waals surface area contributed by atoms with Crippen LogP contribution in [0.1, 0.15) is 23.6 Å². The lowest BCUT2D eigenvalue weighted by Gasteiger charge is -2.23. The van der Waals surface area contributed by atoms with Crippen LogP contribution in [0.25, 0.3) is 0 Å². The number of hydrogen-bond donors (Lipinski definition) is 2. The lowest BCUT2D eigenvalue weighted by atomic mass is 10.00. The molecule has 0 fully saturated rings. The van der Waals surface area contributed by atoms with E-state index in [0.29, 0.717) is 11.1 Å². The Labute approximate surface area is 135 Å². The average Bonchev–Trinajstić information content (AvgIpc) is 2.43. The molecule has 4 heteroatoms. The van der Waals surface area contributed by atoms with Crippen molar-refractivity contribution in [2.45, 2.75) is 26.3 Å². The summed E-state index contributed by atoms with van der Waals surface area (Å²) in [6.07, 6.45) is 11.2. The normalized spacial score (nSPS) is 21.3. The van der Waals surface area contributed by atoms with Crippen molar-refractivity contribution in [3.63, 3.8) is 0 Å². The molecule has 0 aromatic heterocycles. The highest BCUT2D eigenvalue weighted by atomic mass is 16.2. The highest BCUT2D eigenvalue weighted by molar-refractivity contribution is 5.93. The predicted molar refractivity (Wildman–Crippen MR) is 95.4 cm³/mol. The third kappa shape index (κ3) is 7.88. The van der Waals surface area contributed by atoms with Crippen LogP contribution >= 0.6 is 0 Å². The molecule has 1 atom stereocenters. The number of likely N-dealkylation sites (N-methyl/N-ethyl adjacent to an activating group) is 1. The molecule has 0 saturated heterocycles. The molecule has 0 saturated carbocycles. The van der Waals surface area contributed by atoms with Crippen molar-refractivity contribution in [3.05, 3.63) is 66.5 Å². The van der Waals surface area contributed by atoms with Crippen molar-refractivity contribution in [1.82, 2.24) is 10.6 Å². The van der Waals surface area contributed by atoms with Crippen molar-refractivity contribution in [1.29, 1.82) is 0 Å². The Bertz CT molecular complexity index is 586. The van der Waals surface area contributed by atoms with Crippen molar-refractivity contribution < 1.29 is 12.4 Å². The van der Waals surface area contributed by atoms with Crippen molar-refractivity contribution >= 4 is 11.8 Å². The van der Waals surface area contributed by atoms with Gasteiger partial charge in [-0.05, 0) is 32.9 Å². The first-order valence-electron chi connectivity index (χ1n) is 6.85. The van der Waals surface area contributed by atoms with Gasteiger partial charge in [0.05, 0.1) is 5.54 Å². The Morgan fingerprint density at radius 1 is 1.09 bits per heavy atom. The molecule has 4 nitrogen and oxygen atoms in total. The van der Waals surface area contributed by atoms with Crippen LogP contribution in [-0.4, -0.2) is 24.4 Å². The van der Waals surface area contributed by atoms with E-state index in [-0.39, 0.29) is 14.7 Å². The second-order valence-corrected chi connectivity index (χ2v) is 5.10. The van der Waals surface area contributed by atoms with Gasteiger partial charge in [-0.25, -0.2) is 0 Å². The van der Waals surface area contributed by atoms with Crippen LogP contribution in [-0.2, 0) is 9.59 Å². The summed E-state index contributed by atoms with van der Waals surface area (Å²) in [6, 6.07) is 0. The number of rotatable bonds is 3. The first kappa shape index (κ1) is 19.4. The van der Waals surface area contributed by atoms with Gasteiger partial charge in [0.15, 0.2) is 0 Å². The Kier molecular flexibility index (Phi) is 8.27. The van der Waals surface area contributed by atoms with Gasteiger partial charge in [0.1, 0.15) is 0 Å². The highest BCUT2D eigenvalue weighted by Crippen LogP contribution is 2.10. The second kappa shape index (κ2) is 9.37. The minimum absolute atomic E-state index is 0. The lowest BCUT2D eigenvalue weighted by Crippen LogP contribution is -2.43. The van der Waals surface area contributed by atoms with Gasteiger partial charge >= 0.3 is 0 Å². The summed E-state index contributed by atoms with van der Waals surface area (Å²) in [6.45, 7) is 12.3. The molecule has 1 aliphatic rings. The van der Waals surface area contributed by atoms with E-state index in [1.54, 1.807) is 27.0 Å². The van der Waals surface area contributed by atoms with E-state index in [1.807, 2.05) is 37.3 Å². The van der Waals surface area contributed by atoms with E-state index >= 15 is 0 Å². The smallest absolute Gasteiger partial charge is 0.247 e. The molecule has 2 N–H and O–H groups in total. The van der Waals surface area contributed by atoms with Crippen LogP contribution in [0, 0.1) is 0 Å².